The van der Waals surface area contributed by atoms with Crippen molar-refractivity contribution >= 4 is 12.0 Å². The number of para-hydroxylation sites is 1. The fourth-order valence-electron chi connectivity index (χ4n) is 1.99. The highest BCUT2D eigenvalue weighted by Crippen LogP contribution is 2.31. The van der Waals surface area contributed by atoms with E-state index in [2.05, 4.69) is 0 Å². The Morgan fingerprint density at radius 2 is 1.57 bits per heavy atom. The van der Waals surface area contributed by atoms with Crippen molar-refractivity contribution in [3.63, 3.8) is 0 Å². The van der Waals surface area contributed by atoms with Crippen molar-refractivity contribution in [1.29, 1.82) is 0 Å². The van der Waals surface area contributed by atoms with Crippen LogP contribution in [0.25, 0.3) is 6.08 Å². The molecule has 0 aliphatic heterocycles. The molecule has 5 heteroatoms. The molecule has 0 saturated carbocycles. The summed E-state index contributed by atoms with van der Waals surface area (Å²) in [5.74, 6) is 1.81. The minimum Gasteiger partial charge on any atom is -0.497 e. The van der Waals surface area contributed by atoms with Gasteiger partial charge in [-0.2, -0.15) is 0 Å². The van der Waals surface area contributed by atoms with Gasteiger partial charge in [0.2, 0.25) is 0 Å². The molecule has 23 heavy (non-hydrogen) atoms. The molecule has 0 N–H and O–H groups in total. The lowest BCUT2D eigenvalue weighted by Crippen LogP contribution is -2.03. The van der Waals surface area contributed by atoms with Gasteiger partial charge in [0.15, 0.2) is 11.5 Å². The number of benzene rings is 2. The topological polar surface area (TPSA) is 54.0 Å². The van der Waals surface area contributed by atoms with Crippen molar-refractivity contribution in [1.82, 2.24) is 0 Å². The smallest absolute Gasteiger partial charge is 0.336 e. The average molecular weight is 314 g/mol. The zero-order valence-corrected chi connectivity index (χ0v) is 13.2. The molecule has 2 aromatic rings. The maximum absolute atomic E-state index is 11.9. The van der Waals surface area contributed by atoms with E-state index in [1.807, 2.05) is 12.1 Å². The van der Waals surface area contributed by atoms with Gasteiger partial charge in [-0.25, -0.2) is 4.79 Å². The van der Waals surface area contributed by atoms with Gasteiger partial charge in [0, 0.05) is 11.6 Å². The zero-order valence-electron chi connectivity index (χ0n) is 13.2. The zero-order chi connectivity index (χ0) is 16.7. The van der Waals surface area contributed by atoms with Gasteiger partial charge in [0.05, 0.1) is 21.3 Å². The number of rotatable bonds is 6. The second-order valence-corrected chi connectivity index (χ2v) is 4.51. The van der Waals surface area contributed by atoms with Crippen LogP contribution in [0.1, 0.15) is 5.56 Å². The van der Waals surface area contributed by atoms with Crippen LogP contribution in [-0.4, -0.2) is 27.3 Å². The van der Waals surface area contributed by atoms with Crippen LogP contribution in [-0.2, 0) is 4.79 Å². The van der Waals surface area contributed by atoms with E-state index in [-0.39, 0.29) is 0 Å². The number of ether oxygens (including phenoxy) is 4. The third kappa shape index (κ3) is 4.26. The highest BCUT2D eigenvalue weighted by molar-refractivity contribution is 5.89. The van der Waals surface area contributed by atoms with Gasteiger partial charge >= 0.3 is 5.97 Å². The quantitative estimate of drug-likeness (QED) is 0.465. The van der Waals surface area contributed by atoms with Gasteiger partial charge in [-0.15, -0.1) is 0 Å². The average Bonchev–Trinajstić information content (AvgIpc) is 2.60. The number of esters is 1. The van der Waals surface area contributed by atoms with E-state index in [0.29, 0.717) is 23.0 Å². The van der Waals surface area contributed by atoms with Gasteiger partial charge in [-0.1, -0.05) is 12.1 Å². The largest absolute Gasteiger partial charge is 0.497 e. The van der Waals surface area contributed by atoms with E-state index in [1.54, 1.807) is 57.7 Å². The number of hydrogen-bond acceptors (Lipinski definition) is 5. The van der Waals surface area contributed by atoms with Gasteiger partial charge in [-0.05, 0) is 36.4 Å². The van der Waals surface area contributed by atoms with Crippen molar-refractivity contribution in [2.75, 3.05) is 21.3 Å². The summed E-state index contributed by atoms with van der Waals surface area (Å²) in [6.45, 7) is 0. The van der Waals surface area contributed by atoms with Crippen LogP contribution in [0.15, 0.2) is 48.5 Å². The number of carbonyl (C=O) groups is 1. The van der Waals surface area contributed by atoms with Crippen LogP contribution in [0.5, 0.6) is 23.0 Å². The normalized spacial score (nSPS) is 10.4. The van der Waals surface area contributed by atoms with Gasteiger partial charge < -0.3 is 18.9 Å². The first-order chi connectivity index (χ1) is 11.2. The first-order valence-electron chi connectivity index (χ1n) is 6.93. The Hall–Kier alpha value is -2.95. The maximum atomic E-state index is 11.9. The molecule has 5 nitrogen and oxygen atoms in total. The van der Waals surface area contributed by atoms with Crippen LogP contribution >= 0.6 is 0 Å². The lowest BCUT2D eigenvalue weighted by Gasteiger charge is -2.09. The fraction of sp³-hybridized carbons (Fsp3) is 0.167. The van der Waals surface area contributed by atoms with E-state index >= 15 is 0 Å². The molecule has 0 amide bonds. The van der Waals surface area contributed by atoms with Gasteiger partial charge in [0.1, 0.15) is 11.5 Å². The predicted octanol–water partition coefficient (Wildman–Crippen LogP) is 3.33. The summed E-state index contributed by atoms with van der Waals surface area (Å²) in [4.78, 5) is 11.9. The molecule has 2 rings (SSSR count). The Labute approximate surface area is 135 Å². The maximum Gasteiger partial charge on any atom is 0.336 e. The summed E-state index contributed by atoms with van der Waals surface area (Å²) in [7, 11) is 4.68. The number of methoxy groups -OCH3 is 3. The SMILES string of the molecule is COc1ccc(OC(=O)C=Cc2cccc(OC)c2OC)cc1. The lowest BCUT2D eigenvalue weighted by molar-refractivity contribution is -0.128. The Morgan fingerprint density at radius 3 is 2.17 bits per heavy atom. The van der Waals surface area contributed by atoms with Crippen molar-refractivity contribution in [2.24, 2.45) is 0 Å². The van der Waals surface area contributed by atoms with E-state index in [0.717, 1.165) is 5.56 Å². The molecule has 0 unspecified atom stereocenters. The second-order valence-electron chi connectivity index (χ2n) is 4.51. The van der Waals surface area contributed by atoms with Gasteiger partial charge in [-0.3, -0.25) is 0 Å². The summed E-state index contributed by atoms with van der Waals surface area (Å²) in [6.07, 6.45) is 2.95. The molecule has 0 aliphatic carbocycles. The second kappa shape index (κ2) is 7.89. The summed E-state index contributed by atoms with van der Waals surface area (Å²) in [6, 6.07) is 12.2. The highest BCUT2D eigenvalue weighted by Gasteiger charge is 2.08. The van der Waals surface area contributed by atoms with Crippen LogP contribution in [0.3, 0.4) is 0 Å². The summed E-state index contributed by atoms with van der Waals surface area (Å²) >= 11 is 0. The third-order valence-electron chi connectivity index (χ3n) is 3.11. The van der Waals surface area contributed by atoms with Crippen molar-refractivity contribution < 1.29 is 23.7 Å². The van der Waals surface area contributed by atoms with Crippen LogP contribution in [0, 0.1) is 0 Å². The van der Waals surface area contributed by atoms with Crippen LogP contribution < -0.4 is 18.9 Å². The molecule has 0 spiro atoms. The minimum atomic E-state index is -0.486. The number of hydrogen-bond donors (Lipinski definition) is 0. The minimum absolute atomic E-state index is 0.443. The van der Waals surface area contributed by atoms with E-state index in [1.165, 1.54) is 6.08 Å². The molecule has 0 heterocycles. The Balaban J connectivity index is 2.08. The Bertz CT molecular complexity index is 689. The molecule has 0 aromatic heterocycles. The summed E-state index contributed by atoms with van der Waals surface area (Å²) in [5, 5.41) is 0. The molecule has 0 atom stereocenters. The molecule has 0 fully saturated rings. The third-order valence-corrected chi connectivity index (χ3v) is 3.11. The summed E-state index contributed by atoms with van der Waals surface area (Å²) < 4.78 is 20.8. The van der Waals surface area contributed by atoms with E-state index < -0.39 is 5.97 Å². The Morgan fingerprint density at radius 1 is 0.870 bits per heavy atom. The predicted molar refractivity (Wildman–Crippen MR) is 87.2 cm³/mol. The lowest BCUT2D eigenvalue weighted by atomic mass is 10.1. The number of carbonyl (C=O) groups excluding carboxylic acids is 1. The molecule has 0 bridgehead atoms. The first-order valence-corrected chi connectivity index (χ1v) is 6.93. The molecular formula is C18H18O5. The molecule has 0 saturated heterocycles. The Kier molecular flexibility index (Phi) is 5.63. The van der Waals surface area contributed by atoms with Crippen molar-refractivity contribution in [3.8, 4) is 23.0 Å². The van der Waals surface area contributed by atoms with Crippen molar-refractivity contribution in [2.45, 2.75) is 0 Å². The monoisotopic (exact) mass is 314 g/mol. The van der Waals surface area contributed by atoms with E-state index in [9.17, 15) is 4.79 Å². The highest BCUT2D eigenvalue weighted by atomic mass is 16.5. The molecular weight excluding hydrogens is 296 g/mol. The standard InChI is InChI=1S/C18H18O5/c1-20-14-8-10-15(11-9-14)23-17(19)12-7-13-5-4-6-16(21-2)18(13)22-3/h4-12H,1-3H3. The summed E-state index contributed by atoms with van der Waals surface area (Å²) in [5.41, 5.74) is 0.721. The van der Waals surface area contributed by atoms with E-state index in [4.69, 9.17) is 18.9 Å². The van der Waals surface area contributed by atoms with Crippen molar-refractivity contribution in [3.05, 3.63) is 54.1 Å². The fourth-order valence-corrected chi connectivity index (χ4v) is 1.99. The molecule has 0 radical (unpaired) electrons. The van der Waals surface area contributed by atoms with Crippen LogP contribution in [0.2, 0.25) is 0 Å². The molecule has 2 aromatic carbocycles. The first kappa shape index (κ1) is 16.4. The molecule has 0 aliphatic rings. The molecule has 120 valence electrons. The van der Waals surface area contributed by atoms with Gasteiger partial charge in [0.25, 0.3) is 0 Å². The van der Waals surface area contributed by atoms with Crippen LogP contribution in [0.4, 0.5) is 0 Å².